The van der Waals surface area contributed by atoms with E-state index in [1.165, 1.54) is 39.3 Å². The third kappa shape index (κ3) is 4.85. The summed E-state index contributed by atoms with van der Waals surface area (Å²) in [5, 5.41) is 15.5. The second kappa shape index (κ2) is 9.17. The number of para-hydroxylation sites is 2. The molecule has 146 valence electrons. The van der Waals surface area contributed by atoms with E-state index in [1.54, 1.807) is 24.3 Å². The maximum absolute atomic E-state index is 12.5. The molecule has 2 aromatic rings. The van der Waals surface area contributed by atoms with E-state index in [9.17, 15) is 14.4 Å². The molecule has 0 unspecified atom stereocenters. The molecule has 0 aliphatic heterocycles. The molecule has 28 heavy (non-hydrogen) atoms. The van der Waals surface area contributed by atoms with Gasteiger partial charge in [0.15, 0.2) is 11.5 Å². The van der Waals surface area contributed by atoms with E-state index in [4.69, 9.17) is 14.6 Å². The number of aromatic carboxylic acids is 1. The van der Waals surface area contributed by atoms with Crippen LogP contribution in [0.25, 0.3) is 0 Å². The number of hydrogen-bond donors (Lipinski definition) is 3. The lowest BCUT2D eigenvalue weighted by Crippen LogP contribution is -2.29. The van der Waals surface area contributed by atoms with Crippen LogP contribution in [0.15, 0.2) is 47.6 Å². The summed E-state index contributed by atoms with van der Waals surface area (Å²) in [5.74, 6) is -1.80. The molecule has 9 heteroatoms. The highest BCUT2D eigenvalue weighted by molar-refractivity contribution is 6.67. The van der Waals surface area contributed by atoms with Gasteiger partial charge in [-0.05, 0) is 30.3 Å². The van der Waals surface area contributed by atoms with Gasteiger partial charge in [0.2, 0.25) is 0 Å². The maximum atomic E-state index is 12.5. The number of hydrogen-bond acceptors (Lipinski definition) is 7. The molecule has 0 saturated heterocycles. The molecule has 0 spiro atoms. The number of methoxy groups -OCH3 is 2. The number of rotatable bonds is 8. The molecule has 0 heterocycles. The van der Waals surface area contributed by atoms with Crippen LogP contribution in [-0.2, 0) is 9.59 Å². The fraction of sp³-hybridized carbons (Fsp3) is 0.158. The van der Waals surface area contributed by atoms with Crippen LogP contribution in [0.2, 0.25) is 0 Å². The Morgan fingerprint density at radius 1 is 0.964 bits per heavy atom. The van der Waals surface area contributed by atoms with E-state index in [-0.39, 0.29) is 22.7 Å². The van der Waals surface area contributed by atoms with E-state index >= 15 is 0 Å². The first-order valence-electron chi connectivity index (χ1n) is 8.07. The van der Waals surface area contributed by atoms with Crippen LogP contribution >= 0.6 is 0 Å². The number of anilines is 2. The van der Waals surface area contributed by atoms with Crippen molar-refractivity contribution in [2.75, 3.05) is 25.0 Å². The van der Waals surface area contributed by atoms with Gasteiger partial charge in [-0.2, -0.15) is 5.10 Å². The molecular formula is C19H19N3O6. The van der Waals surface area contributed by atoms with Gasteiger partial charge in [-0.25, -0.2) is 4.79 Å². The minimum Gasteiger partial charge on any atom is -0.495 e. The van der Waals surface area contributed by atoms with Gasteiger partial charge in [0, 0.05) is 6.92 Å². The number of benzene rings is 2. The zero-order valence-electron chi connectivity index (χ0n) is 15.5. The van der Waals surface area contributed by atoms with E-state index in [0.717, 1.165) is 0 Å². The van der Waals surface area contributed by atoms with Gasteiger partial charge in [0.25, 0.3) is 5.91 Å². The number of amides is 1. The molecule has 2 aromatic carbocycles. The highest BCUT2D eigenvalue weighted by Gasteiger charge is 2.19. The number of Topliss-reactive ketones (excluding diaryl/α,β-unsaturated/α-hetero) is 1. The predicted octanol–water partition coefficient (Wildman–Crippen LogP) is 2.40. The van der Waals surface area contributed by atoms with Crippen LogP contribution in [-0.4, -0.2) is 42.7 Å². The zero-order chi connectivity index (χ0) is 20.7. The summed E-state index contributed by atoms with van der Waals surface area (Å²) in [6.07, 6.45) is 0. The van der Waals surface area contributed by atoms with Crippen molar-refractivity contribution in [2.45, 2.75) is 6.92 Å². The standard InChI is InChI=1S/C19H19N3O6/c1-11(23)17(18(24)20-13-6-4-5-7-15(13)27-2)22-21-14-9-8-12(19(25)26)10-16(14)28-3/h4-10,21H,1-3H3,(H,20,24)(H,25,26)/b22-17+. The quantitative estimate of drug-likeness (QED) is 0.362. The Morgan fingerprint density at radius 2 is 1.64 bits per heavy atom. The van der Waals surface area contributed by atoms with Gasteiger partial charge in [0.05, 0.1) is 31.2 Å². The van der Waals surface area contributed by atoms with Crippen molar-refractivity contribution in [3.63, 3.8) is 0 Å². The smallest absolute Gasteiger partial charge is 0.335 e. The number of carboxylic acids is 1. The van der Waals surface area contributed by atoms with E-state index in [0.29, 0.717) is 11.4 Å². The predicted molar refractivity (Wildman–Crippen MR) is 103 cm³/mol. The lowest BCUT2D eigenvalue weighted by molar-refractivity contribution is -0.114. The van der Waals surface area contributed by atoms with Crippen molar-refractivity contribution in [2.24, 2.45) is 5.10 Å². The van der Waals surface area contributed by atoms with E-state index in [1.807, 2.05) is 0 Å². The van der Waals surface area contributed by atoms with Crippen molar-refractivity contribution in [1.82, 2.24) is 0 Å². The van der Waals surface area contributed by atoms with E-state index in [2.05, 4.69) is 15.8 Å². The Morgan fingerprint density at radius 3 is 2.25 bits per heavy atom. The first kappa shape index (κ1) is 20.4. The fourth-order valence-electron chi connectivity index (χ4n) is 2.25. The minimum atomic E-state index is -1.12. The van der Waals surface area contributed by atoms with Gasteiger partial charge in [-0.15, -0.1) is 0 Å². The Bertz CT molecular complexity index is 939. The average Bonchev–Trinajstić information content (AvgIpc) is 2.68. The molecule has 2 rings (SSSR count). The number of nitrogens with one attached hydrogen (secondary N) is 2. The number of ether oxygens (including phenoxy) is 2. The molecule has 0 fully saturated rings. The van der Waals surface area contributed by atoms with Gasteiger partial charge in [-0.1, -0.05) is 12.1 Å². The number of carboxylic acid groups (broad SMARTS) is 1. The van der Waals surface area contributed by atoms with Crippen LogP contribution < -0.4 is 20.2 Å². The second-order valence-corrected chi connectivity index (χ2v) is 5.50. The Hall–Kier alpha value is -3.88. The lowest BCUT2D eigenvalue weighted by atomic mass is 10.2. The molecule has 0 aliphatic carbocycles. The Labute approximate surface area is 161 Å². The largest absolute Gasteiger partial charge is 0.495 e. The monoisotopic (exact) mass is 385 g/mol. The first-order chi connectivity index (χ1) is 13.4. The minimum absolute atomic E-state index is 0.0205. The van der Waals surface area contributed by atoms with Crippen molar-refractivity contribution < 1.29 is 29.0 Å². The molecule has 9 nitrogen and oxygen atoms in total. The zero-order valence-corrected chi connectivity index (χ0v) is 15.5. The van der Waals surface area contributed by atoms with Crippen LogP contribution in [0.4, 0.5) is 11.4 Å². The van der Waals surface area contributed by atoms with Crippen LogP contribution in [0.1, 0.15) is 17.3 Å². The Kier molecular flexibility index (Phi) is 6.69. The first-order valence-corrected chi connectivity index (χ1v) is 8.07. The van der Waals surface area contributed by atoms with Gasteiger partial charge < -0.3 is 19.9 Å². The SMILES string of the molecule is COc1cc(C(=O)O)ccc1N/N=C(\C(C)=O)C(=O)Nc1ccccc1OC. The lowest BCUT2D eigenvalue weighted by Gasteiger charge is -2.11. The van der Waals surface area contributed by atoms with Crippen LogP contribution in [0, 0.1) is 0 Å². The molecule has 0 saturated carbocycles. The molecule has 0 bridgehead atoms. The number of hydrazone groups is 1. The summed E-state index contributed by atoms with van der Waals surface area (Å²) in [4.78, 5) is 35.4. The van der Waals surface area contributed by atoms with Gasteiger partial charge in [-0.3, -0.25) is 15.0 Å². The number of ketones is 1. The summed E-state index contributed by atoms with van der Waals surface area (Å²) in [7, 11) is 2.82. The molecule has 3 N–H and O–H groups in total. The summed E-state index contributed by atoms with van der Waals surface area (Å²) >= 11 is 0. The van der Waals surface area contributed by atoms with Crippen molar-refractivity contribution in [1.29, 1.82) is 0 Å². The molecule has 0 aliphatic rings. The molecule has 1 amide bonds. The molecule has 0 atom stereocenters. The maximum Gasteiger partial charge on any atom is 0.335 e. The summed E-state index contributed by atoms with van der Waals surface area (Å²) in [6, 6.07) is 10.8. The van der Waals surface area contributed by atoms with Crippen molar-refractivity contribution >= 4 is 34.7 Å². The normalized spacial score (nSPS) is 10.8. The number of carbonyl (C=O) groups excluding carboxylic acids is 2. The molecular weight excluding hydrogens is 366 g/mol. The third-order valence-corrected chi connectivity index (χ3v) is 3.64. The summed E-state index contributed by atoms with van der Waals surface area (Å²) < 4.78 is 10.3. The van der Waals surface area contributed by atoms with Gasteiger partial charge >= 0.3 is 5.97 Å². The third-order valence-electron chi connectivity index (χ3n) is 3.64. The summed E-state index contributed by atoms with van der Waals surface area (Å²) in [5.41, 5.74) is 2.88. The Balaban J connectivity index is 2.26. The highest BCUT2D eigenvalue weighted by atomic mass is 16.5. The highest BCUT2D eigenvalue weighted by Crippen LogP contribution is 2.26. The van der Waals surface area contributed by atoms with Crippen molar-refractivity contribution in [3.8, 4) is 11.5 Å². The average molecular weight is 385 g/mol. The number of nitrogens with zero attached hydrogens (tertiary/aromatic N) is 1. The number of carbonyl (C=O) groups is 3. The van der Waals surface area contributed by atoms with E-state index < -0.39 is 17.7 Å². The molecule has 0 aromatic heterocycles. The van der Waals surface area contributed by atoms with Gasteiger partial charge in [0.1, 0.15) is 11.5 Å². The topological polar surface area (TPSA) is 126 Å². The molecule has 0 radical (unpaired) electrons. The van der Waals surface area contributed by atoms with Crippen molar-refractivity contribution in [3.05, 3.63) is 48.0 Å². The second-order valence-electron chi connectivity index (χ2n) is 5.50. The fourth-order valence-corrected chi connectivity index (χ4v) is 2.25. The van der Waals surface area contributed by atoms with Crippen LogP contribution in [0.3, 0.4) is 0 Å². The summed E-state index contributed by atoms with van der Waals surface area (Å²) in [6.45, 7) is 1.20. The van der Waals surface area contributed by atoms with Crippen LogP contribution in [0.5, 0.6) is 11.5 Å².